The van der Waals surface area contributed by atoms with Gasteiger partial charge in [-0.1, -0.05) is 6.07 Å². The van der Waals surface area contributed by atoms with Gasteiger partial charge in [0, 0.05) is 12.6 Å². The summed E-state index contributed by atoms with van der Waals surface area (Å²) in [4.78, 5) is 14.4. The number of benzene rings is 1. The third-order valence-corrected chi connectivity index (χ3v) is 2.92. The molecule has 2 rings (SSSR count). The molecule has 0 fully saturated rings. The highest BCUT2D eigenvalue weighted by Gasteiger charge is 2.19. The fraction of sp³-hybridized carbons (Fsp3) is 0.214. The molecule has 1 aromatic heterocycles. The number of halogens is 2. The van der Waals surface area contributed by atoms with Gasteiger partial charge in [0.1, 0.15) is 17.5 Å². The van der Waals surface area contributed by atoms with Gasteiger partial charge in [0.15, 0.2) is 0 Å². The van der Waals surface area contributed by atoms with Gasteiger partial charge in [-0.25, -0.2) is 13.8 Å². The van der Waals surface area contributed by atoms with Crippen molar-refractivity contribution in [3.8, 4) is 11.3 Å². The molecule has 1 heterocycles. The van der Waals surface area contributed by atoms with Crippen molar-refractivity contribution < 1.29 is 13.7 Å². The Balaban J connectivity index is 2.68. The fourth-order valence-corrected chi connectivity index (χ4v) is 1.91. The molecule has 0 saturated heterocycles. The van der Waals surface area contributed by atoms with E-state index >= 15 is 0 Å². The molecule has 0 aliphatic heterocycles. The summed E-state index contributed by atoms with van der Waals surface area (Å²) < 4.78 is 28.0. The molecule has 2 aromatic rings. The van der Waals surface area contributed by atoms with Crippen LogP contribution in [0.15, 0.2) is 24.3 Å². The average molecular weight is 293 g/mol. The van der Waals surface area contributed by atoms with Gasteiger partial charge in [-0.3, -0.25) is 10.1 Å². The highest BCUT2D eigenvalue weighted by atomic mass is 19.1. The van der Waals surface area contributed by atoms with Crippen LogP contribution in [0.4, 0.5) is 20.3 Å². The minimum Gasteiger partial charge on any atom is -0.370 e. The maximum absolute atomic E-state index is 14.1. The molecule has 0 spiro atoms. The highest BCUT2D eigenvalue weighted by molar-refractivity contribution is 5.67. The van der Waals surface area contributed by atoms with Crippen LogP contribution in [0.2, 0.25) is 0 Å². The van der Waals surface area contributed by atoms with E-state index in [9.17, 15) is 18.9 Å². The molecule has 0 aliphatic carbocycles. The average Bonchev–Trinajstić information content (AvgIpc) is 2.43. The van der Waals surface area contributed by atoms with E-state index in [1.54, 1.807) is 6.92 Å². The summed E-state index contributed by atoms with van der Waals surface area (Å²) in [6.07, 6.45) is 0. The van der Waals surface area contributed by atoms with Crippen molar-refractivity contribution in [3.63, 3.8) is 0 Å². The summed E-state index contributed by atoms with van der Waals surface area (Å²) in [6.45, 7) is 3.75. The maximum Gasteiger partial charge on any atom is 0.275 e. The summed E-state index contributed by atoms with van der Waals surface area (Å²) in [5.74, 6) is -1.39. The van der Waals surface area contributed by atoms with E-state index in [1.807, 2.05) is 0 Å². The Labute approximate surface area is 119 Å². The van der Waals surface area contributed by atoms with Gasteiger partial charge < -0.3 is 5.32 Å². The van der Waals surface area contributed by atoms with Crippen molar-refractivity contribution >= 4 is 11.5 Å². The molecular formula is C14H13F2N3O2. The molecular weight excluding hydrogens is 280 g/mol. The van der Waals surface area contributed by atoms with E-state index in [0.717, 1.165) is 12.1 Å². The van der Waals surface area contributed by atoms with Crippen LogP contribution in [0.3, 0.4) is 0 Å². The quantitative estimate of drug-likeness (QED) is 0.689. The maximum atomic E-state index is 14.1. The number of hydrogen-bond donors (Lipinski definition) is 1. The molecule has 110 valence electrons. The lowest BCUT2D eigenvalue weighted by Crippen LogP contribution is -2.03. The van der Waals surface area contributed by atoms with Gasteiger partial charge in [-0.15, -0.1) is 0 Å². The van der Waals surface area contributed by atoms with Crippen LogP contribution < -0.4 is 5.32 Å². The lowest BCUT2D eigenvalue weighted by atomic mass is 10.1. The Kier molecular flexibility index (Phi) is 4.11. The molecule has 0 unspecified atom stereocenters. The predicted molar refractivity (Wildman–Crippen MR) is 75.1 cm³/mol. The fourth-order valence-electron chi connectivity index (χ4n) is 1.91. The van der Waals surface area contributed by atoms with E-state index in [-0.39, 0.29) is 28.3 Å². The Bertz CT molecular complexity index is 705. The molecule has 0 amide bonds. The second-order valence-electron chi connectivity index (χ2n) is 4.44. The van der Waals surface area contributed by atoms with E-state index in [1.165, 1.54) is 19.1 Å². The monoisotopic (exact) mass is 293 g/mol. The number of nitrogens with zero attached hydrogens (tertiary/aromatic N) is 2. The molecule has 0 atom stereocenters. The minimum atomic E-state index is -0.812. The molecule has 7 heteroatoms. The number of aryl methyl sites for hydroxylation is 1. The van der Waals surface area contributed by atoms with E-state index in [0.29, 0.717) is 6.54 Å². The van der Waals surface area contributed by atoms with Crippen LogP contribution in [0, 0.1) is 28.7 Å². The normalized spacial score (nSPS) is 10.5. The smallest absolute Gasteiger partial charge is 0.275 e. The number of pyridine rings is 1. The predicted octanol–water partition coefficient (Wildman–Crippen LogP) is 3.68. The summed E-state index contributed by atoms with van der Waals surface area (Å²) in [7, 11) is 0. The lowest BCUT2D eigenvalue weighted by Gasteiger charge is -2.09. The second-order valence-corrected chi connectivity index (χ2v) is 4.44. The van der Waals surface area contributed by atoms with Gasteiger partial charge in [0.25, 0.3) is 5.69 Å². The van der Waals surface area contributed by atoms with Crippen LogP contribution in [0.5, 0.6) is 0 Å². The first-order chi connectivity index (χ1) is 9.93. The number of hydrogen-bond acceptors (Lipinski definition) is 4. The number of nitrogens with one attached hydrogen (secondary N) is 1. The molecule has 21 heavy (non-hydrogen) atoms. The van der Waals surface area contributed by atoms with Gasteiger partial charge in [0.2, 0.25) is 0 Å². The van der Waals surface area contributed by atoms with E-state index in [4.69, 9.17) is 0 Å². The van der Waals surface area contributed by atoms with Gasteiger partial charge >= 0.3 is 0 Å². The summed E-state index contributed by atoms with van der Waals surface area (Å²) in [5.41, 5.74) is -0.516. The summed E-state index contributed by atoms with van der Waals surface area (Å²) in [5, 5.41) is 13.7. The minimum absolute atomic E-state index is 0.112. The number of rotatable bonds is 4. The highest BCUT2D eigenvalue weighted by Crippen LogP contribution is 2.30. The van der Waals surface area contributed by atoms with Gasteiger partial charge in [-0.05, 0) is 25.5 Å². The Morgan fingerprint density at radius 2 is 2.05 bits per heavy atom. The lowest BCUT2D eigenvalue weighted by molar-refractivity contribution is -0.384. The topological polar surface area (TPSA) is 68.1 Å². The molecule has 1 N–H and O–H groups in total. The first-order valence-electron chi connectivity index (χ1n) is 6.29. The van der Waals surface area contributed by atoms with Crippen LogP contribution in [-0.4, -0.2) is 16.5 Å². The number of anilines is 1. The van der Waals surface area contributed by atoms with Crippen molar-refractivity contribution in [2.75, 3.05) is 11.9 Å². The largest absolute Gasteiger partial charge is 0.370 e. The first-order valence-corrected chi connectivity index (χ1v) is 6.29. The Morgan fingerprint density at radius 1 is 1.33 bits per heavy atom. The van der Waals surface area contributed by atoms with Gasteiger partial charge in [-0.2, -0.15) is 0 Å². The second kappa shape index (κ2) is 5.82. The van der Waals surface area contributed by atoms with Crippen LogP contribution in [0.25, 0.3) is 11.3 Å². The van der Waals surface area contributed by atoms with Crippen molar-refractivity contribution in [2.45, 2.75) is 13.8 Å². The molecule has 0 radical (unpaired) electrons. The Hall–Kier alpha value is -2.57. The zero-order valence-corrected chi connectivity index (χ0v) is 11.5. The van der Waals surface area contributed by atoms with Crippen LogP contribution in [0.1, 0.15) is 12.5 Å². The van der Waals surface area contributed by atoms with Gasteiger partial charge in [0.05, 0.1) is 22.2 Å². The number of nitro groups is 1. The molecule has 1 aromatic carbocycles. The van der Waals surface area contributed by atoms with Crippen molar-refractivity contribution in [1.29, 1.82) is 0 Å². The third-order valence-electron chi connectivity index (χ3n) is 2.92. The Morgan fingerprint density at radius 3 is 2.67 bits per heavy atom. The number of aromatic nitrogens is 1. The first kappa shape index (κ1) is 14.8. The van der Waals surface area contributed by atoms with E-state index < -0.39 is 16.6 Å². The van der Waals surface area contributed by atoms with Crippen molar-refractivity contribution in [1.82, 2.24) is 4.98 Å². The van der Waals surface area contributed by atoms with Crippen molar-refractivity contribution in [3.05, 3.63) is 51.6 Å². The summed E-state index contributed by atoms with van der Waals surface area (Å²) >= 11 is 0. The standard InChI is InChI=1S/C14H13F2N3O2/c1-3-17-12-7-9(19(20)21)6-11(18-12)13-10(15)5-4-8(2)14(13)16/h4-7H,3H2,1-2H3,(H,17,18). The van der Waals surface area contributed by atoms with Crippen molar-refractivity contribution in [2.24, 2.45) is 0 Å². The summed E-state index contributed by atoms with van der Waals surface area (Å²) in [6, 6.07) is 4.69. The zero-order chi connectivity index (χ0) is 15.6. The molecule has 0 aliphatic rings. The SMILES string of the molecule is CCNc1cc([N+](=O)[O-])cc(-c2c(F)ccc(C)c2F)n1. The third kappa shape index (κ3) is 2.96. The van der Waals surface area contributed by atoms with Crippen LogP contribution >= 0.6 is 0 Å². The zero-order valence-electron chi connectivity index (χ0n) is 11.5. The molecule has 0 saturated carbocycles. The molecule has 0 bridgehead atoms. The van der Waals surface area contributed by atoms with E-state index in [2.05, 4.69) is 10.3 Å². The molecule has 5 nitrogen and oxygen atoms in total. The van der Waals surface area contributed by atoms with Crippen LogP contribution in [-0.2, 0) is 0 Å².